The van der Waals surface area contributed by atoms with Gasteiger partial charge in [0.2, 0.25) is 0 Å². The lowest BCUT2D eigenvalue weighted by molar-refractivity contribution is 0.405. The number of halogens is 1. The van der Waals surface area contributed by atoms with Gasteiger partial charge in [0.25, 0.3) is 0 Å². The Kier molecular flexibility index (Phi) is 4.63. The van der Waals surface area contributed by atoms with Gasteiger partial charge in [-0.2, -0.15) is 0 Å². The van der Waals surface area contributed by atoms with Crippen LogP contribution in [0.5, 0.6) is 0 Å². The third kappa shape index (κ3) is 3.56. The number of benzene rings is 1. The predicted molar refractivity (Wildman–Crippen MR) is 76.9 cm³/mol. The molecule has 0 heterocycles. The van der Waals surface area contributed by atoms with Crippen LogP contribution >= 0.6 is 15.9 Å². The molecule has 2 rings (SSSR count). The quantitative estimate of drug-likeness (QED) is 0.887. The van der Waals surface area contributed by atoms with Gasteiger partial charge in [0.05, 0.1) is 0 Å². The SMILES string of the molecule is CCC1CCC(C(N)Cc2cccc(Br)c2)C1. The minimum atomic E-state index is 0.334. The predicted octanol–water partition coefficient (Wildman–Crippen LogP) is 4.15. The molecule has 2 heteroatoms. The topological polar surface area (TPSA) is 26.0 Å². The van der Waals surface area contributed by atoms with E-state index in [0.717, 1.165) is 22.7 Å². The molecular weight excluding hydrogens is 274 g/mol. The van der Waals surface area contributed by atoms with Crippen LogP contribution in [0.25, 0.3) is 0 Å². The fourth-order valence-electron chi connectivity index (χ4n) is 2.98. The summed E-state index contributed by atoms with van der Waals surface area (Å²) in [6.45, 7) is 2.30. The van der Waals surface area contributed by atoms with Crippen LogP contribution in [0.3, 0.4) is 0 Å². The first-order valence-electron chi connectivity index (χ1n) is 6.69. The summed E-state index contributed by atoms with van der Waals surface area (Å²) >= 11 is 3.52. The van der Waals surface area contributed by atoms with Crippen molar-refractivity contribution in [2.24, 2.45) is 17.6 Å². The van der Waals surface area contributed by atoms with Gasteiger partial charge in [-0.3, -0.25) is 0 Å². The Morgan fingerprint density at radius 1 is 1.41 bits per heavy atom. The Morgan fingerprint density at radius 3 is 2.88 bits per heavy atom. The smallest absolute Gasteiger partial charge is 0.0178 e. The van der Waals surface area contributed by atoms with Gasteiger partial charge in [-0.05, 0) is 48.8 Å². The van der Waals surface area contributed by atoms with Crippen molar-refractivity contribution in [2.45, 2.75) is 45.1 Å². The monoisotopic (exact) mass is 295 g/mol. The molecule has 1 aliphatic rings. The minimum Gasteiger partial charge on any atom is -0.327 e. The summed E-state index contributed by atoms with van der Waals surface area (Å²) in [5.74, 6) is 1.66. The summed E-state index contributed by atoms with van der Waals surface area (Å²) in [6.07, 6.45) is 6.38. The Labute approximate surface area is 113 Å². The molecule has 94 valence electrons. The van der Waals surface area contributed by atoms with Gasteiger partial charge in [-0.1, -0.05) is 47.8 Å². The summed E-state index contributed by atoms with van der Waals surface area (Å²) in [5, 5.41) is 0. The van der Waals surface area contributed by atoms with Gasteiger partial charge < -0.3 is 5.73 Å². The molecule has 0 saturated heterocycles. The van der Waals surface area contributed by atoms with Gasteiger partial charge in [0.15, 0.2) is 0 Å². The van der Waals surface area contributed by atoms with E-state index >= 15 is 0 Å². The van der Waals surface area contributed by atoms with Crippen LogP contribution in [0.4, 0.5) is 0 Å². The summed E-state index contributed by atoms with van der Waals surface area (Å²) in [7, 11) is 0. The summed E-state index contributed by atoms with van der Waals surface area (Å²) in [6, 6.07) is 8.86. The lowest BCUT2D eigenvalue weighted by Gasteiger charge is -2.19. The van der Waals surface area contributed by atoms with Gasteiger partial charge >= 0.3 is 0 Å². The molecule has 0 radical (unpaired) electrons. The largest absolute Gasteiger partial charge is 0.327 e. The molecule has 1 nitrogen and oxygen atoms in total. The van der Waals surface area contributed by atoms with E-state index in [1.807, 2.05) is 0 Å². The molecule has 0 spiro atoms. The highest BCUT2D eigenvalue weighted by atomic mass is 79.9. The van der Waals surface area contributed by atoms with Crippen molar-refractivity contribution in [3.63, 3.8) is 0 Å². The van der Waals surface area contributed by atoms with E-state index in [1.165, 1.54) is 31.2 Å². The van der Waals surface area contributed by atoms with Crippen LogP contribution < -0.4 is 5.73 Å². The molecule has 1 aromatic carbocycles. The first kappa shape index (κ1) is 13.1. The van der Waals surface area contributed by atoms with E-state index in [4.69, 9.17) is 5.73 Å². The molecule has 1 saturated carbocycles. The summed E-state index contributed by atoms with van der Waals surface area (Å²) in [5.41, 5.74) is 7.72. The molecule has 1 fully saturated rings. The van der Waals surface area contributed by atoms with E-state index < -0.39 is 0 Å². The number of rotatable bonds is 4. The highest BCUT2D eigenvalue weighted by Gasteiger charge is 2.27. The maximum absolute atomic E-state index is 6.36. The molecule has 0 amide bonds. The van der Waals surface area contributed by atoms with Crippen LogP contribution in [0, 0.1) is 11.8 Å². The van der Waals surface area contributed by atoms with Crippen molar-refractivity contribution in [1.82, 2.24) is 0 Å². The minimum absolute atomic E-state index is 0.334. The normalized spacial score (nSPS) is 26.1. The Hall–Kier alpha value is -0.340. The highest BCUT2D eigenvalue weighted by Crippen LogP contribution is 2.35. The summed E-state index contributed by atoms with van der Waals surface area (Å²) in [4.78, 5) is 0. The number of hydrogen-bond acceptors (Lipinski definition) is 1. The average molecular weight is 296 g/mol. The molecule has 2 N–H and O–H groups in total. The second kappa shape index (κ2) is 6.01. The Morgan fingerprint density at radius 2 is 2.24 bits per heavy atom. The van der Waals surface area contributed by atoms with Crippen LogP contribution in [0.2, 0.25) is 0 Å². The van der Waals surface area contributed by atoms with Gasteiger partial charge in [0, 0.05) is 10.5 Å². The number of nitrogens with two attached hydrogens (primary N) is 1. The fourth-order valence-corrected chi connectivity index (χ4v) is 3.42. The molecule has 1 aliphatic carbocycles. The zero-order valence-corrected chi connectivity index (χ0v) is 12.1. The third-order valence-electron chi connectivity index (χ3n) is 4.13. The van der Waals surface area contributed by atoms with Crippen molar-refractivity contribution >= 4 is 15.9 Å². The van der Waals surface area contributed by atoms with Crippen molar-refractivity contribution in [2.75, 3.05) is 0 Å². The van der Waals surface area contributed by atoms with E-state index in [2.05, 4.69) is 47.1 Å². The maximum atomic E-state index is 6.36. The van der Waals surface area contributed by atoms with Crippen molar-refractivity contribution in [1.29, 1.82) is 0 Å². The van der Waals surface area contributed by atoms with Crippen LogP contribution in [-0.2, 0) is 6.42 Å². The zero-order valence-electron chi connectivity index (χ0n) is 10.5. The van der Waals surface area contributed by atoms with Crippen molar-refractivity contribution < 1.29 is 0 Å². The molecule has 0 bridgehead atoms. The molecule has 3 atom stereocenters. The molecule has 0 aromatic heterocycles. The molecular formula is C15H22BrN. The first-order valence-corrected chi connectivity index (χ1v) is 7.48. The Bertz CT molecular complexity index is 364. The fraction of sp³-hybridized carbons (Fsp3) is 0.600. The number of hydrogen-bond donors (Lipinski definition) is 1. The van der Waals surface area contributed by atoms with Crippen molar-refractivity contribution in [3.8, 4) is 0 Å². The van der Waals surface area contributed by atoms with E-state index in [1.54, 1.807) is 0 Å². The standard InChI is InChI=1S/C15H22BrN/c1-2-11-6-7-13(8-11)15(17)10-12-4-3-5-14(16)9-12/h3-5,9,11,13,15H,2,6-8,10,17H2,1H3. The maximum Gasteiger partial charge on any atom is 0.0178 e. The molecule has 17 heavy (non-hydrogen) atoms. The third-order valence-corrected chi connectivity index (χ3v) is 4.62. The zero-order chi connectivity index (χ0) is 12.3. The second-order valence-corrected chi connectivity index (χ2v) is 6.26. The van der Waals surface area contributed by atoms with Crippen LogP contribution in [0.1, 0.15) is 38.2 Å². The first-order chi connectivity index (χ1) is 8.19. The van der Waals surface area contributed by atoms with Crippen LogP contribution in [0.15, 0.2) is 28.7 Å². The highest BCUT2D eigenvalue weighted by molar-refractivity contribution is 9.10. The van der Waals surface area contributed by atoms with E-state index in [0.29, 0.717) is 6.04 Å². The second-order valence-electron chi connectivity index (χ2n) is 5.35. The van der Waals surface area contributed by atoms with E-state index in [-0.39, 0.29) is 0 Å². The van der Waals surface area contributed by atoms with E-state index in [9.17, 15) is 0 Å². The van der Waals surface area contributed by atoms with Crippen LogP contribution in [-0.4, -0.2) is 6.04 Å². The van der Waals surface area contributed by atoms with Gasteiger partial charge in [-0.25, -0.2) is 0 Å². The van der Waals surface area contributed by atoms with Gasteiger partial charge in [-0.15, -0.1) is 0 Å². The molecule has 3 unspecified atom stereocenters. The average Bonchev–Trinajstić information content (AvgIpc) is 2.77. The molecule has 0 aliphatic heterocycles. The lowest BCUT2D eigenvalue weighted by Crippen LogP contribution is -2.30. The summed E-state index contributed by atoms with van der Waals surface area (Å²) < 4.78 is 1.15. The Balaban J connectivity index is 1.91. The van der Waals surface area contributed by atoms with Crippen molar-refractivity contribution in [3.05, 3.63) is 34.3 Å². The van der Waals surface area contributed by atoms with Gasteiger partial charge in [0.1, 0.15) is 0 Å². The molecule has 1 aromatic rings. The lowest BCUT2D eigenvalue weighted by atomic mass is 9.92.